The quantitative estimate of drug-likeness (QED) is 0.751. The van der Waals surface area contributed by atoms with Crippen LogP contribution in [0.3, 0.4) is 0 Å². The van der Waals surface area contributed by atoms with Gasteiger partial charge in [-0.05, 0) is 32.4 Å². The minimum absolute atomic E-state index is 0.0295. The molecule has 1 aromatic carbocycles. The van der Waals surface area contributed by atoms with Crippen molar-refractivity contribution >= 4 is 5.95 Å². The number of benzene rings is 1. The maximum absolute atomic E-state index is 12.4. The predicted molar refractivity (Wildman–Crippen MR) is 99.4 cm³/mol. The van der Waals surface area contributed by atoms with Crippen LogP contribution in [0.2, 0.25) is 0 Å². The maximum atomic E-state index is 12.4. The smallest absolute Gasteiger partial charge is 0.255 e. The van der Waals surface area contributed by atoms with E-state index < -0.39 is 0 Å². The fourth-order valence-corrected chi connectivity index (χ4v) is 3.09. The zero-order chi connectivity index (χ0) is 17.6. The van der Waals surface area contributed by atoms with Gasteiger partial charge in [0.1, 0.15) is 5.75 Å². The number of ether oxygens (including phenoxy) is 1. The Balaban J connectivity index is 1.82. The van der Waals surface area contributed by atoms with Crippen LogP contribution in [0.1, 0.15) is 43.1 Å². The van der Waals surface area contributed by atoms with Crippen LogP contribution in [0.5, 0.6) is 5.75 Å². The third-order valence-corrected chi connectivity index (χ3v) is 4.39. The Hall–Kier alpha value is -2.34. The summed E-state index contributed by atoms with van der Waals surface area (Å²) in [6.07, 6.45) is 2.46. The van der Waals surface area contributed by atoms with E-state index in [9.17, 15) is 4.79 Å². The summed E-state index contributed by atoms with van der Waals surface area (Å²) in [4.78, 5) is 19.9. The number of H-pyrrole nitrogens is 1. The topological polar surface area (TPSA) is 79.0 Å². The molecule has 1 aliphatic rings. The lowest BCUT2D eigenvalue weighted by molar-refractivity contribution is 0.313. The standard InChI is InChI=1S/C19H26N4O2/c1-3-12-25-17-7-5-4-6-14(17)13(2)21-19-22-16-9-11-20-10-8-15(16)18(24)23-19/h4-7,13,20H,3,8-12H2,1-2H3,(H2,21,22,23,24). The number of anilines is 1. The summed E-state index contributed by atoms with van der Waals surface area (Å²) < 4.78 is 5.84. The molecular formula is C19H26N4O2. The van der Waals surface area contributed by atoms with Gasteiger partial charge in [-0.1, -0.05) is 25.1 Å². The van der Waals surface area contributed by atoms with Gasteiger partial charge >= 0.3 is 0 Å². The van der Waals surface area contributed by atoms with Crippen LogP contribution in [0.25, 0.3) is 0 Å². The molecule has 1 aromatic heterocycles. The summed E-state index contributed by atoms with van der Waals surface area (Å²) in [5.74, 6) is 1.38. The molecule has 0 aliphatic carbocycles. The van der Waals surface area contributed by atoms with Crippen molar-refractivity contribution in [3.63, 3.8) is 0 Å². The number of aromatic amines is 1. The van der Waals surface area contributed by atoms with Gasteiger partial charge in [-0.3, -0.25) is 9.78 Å². The minimum atomic E-state index is -0.0427. The van der Waals surface area contributed by atoms with Crippen molar-refractivity contribution in [3.05, 3.63) is 51.4 Å². The van der Waals surface area contributed by atoms with Gasteiger partial charge in [0.15, 0.2) is 0 Å². The van der Waals surface area contributed by atoms with E-state index >= 15 is 0 Å². The van der Waals surface area contributed by atoms with Crippen molar-refractivity contribution < 1.29 is 4.74 Å². The Labute approximate surface area is 148 Å². The number of fused-ring (bicyclic) bond motifs is 1. The van der Waals surface area contributed by atoms with Crippen LogP contribution < -0.4 is 20.9 Å². The molecule has 134 valence electrons. The highest BCUT2D eigenvalue weighted by Gasteiger charge is 2.16. The lowest BCUT2D eigenvalue weighted by atomic mass is 10.1. The number of hydrogen-bond acceptors (Lipinski definition) is 5. The summed E-state index contributed by atoms with van der Waals surface area (Å²) in [6.45, 7) is 6.49. The molecule has 6 heteroatoms. The summed E-state index contributed by atoms with van der Waals surface area (Å²) in [7, 11) is 0. The molecule has 1 atom stereocenters. The summed E-state index contributed by atoms with van der Waals surface area (Å²) >= 11 is 0. The van der Waals surface area contributed by atoms with Crippen molar-refractivity contribution in [2.75, 3.05) is 25.0 Å². The van der Waals surface area contributed by atoms with Crippen LogP contribution in [0, 0.1) is 0 Å². The molecule has 1 unspecified atom stereocenters. The molecule has 2 heterocycles. The molecule has 0 saturated heterocycles. The summed E-state index contributed by atoms with van der Waals surface area (Å²) in [5.41, 5.74) is 2.70. The number of aromatic nitrogens is 2. The van der Waals surface area contributed by atoms with Crippen LogP contribution in [-0.2, 0) is 12.8 Å². The van der Waals surface area contributed by atoms with E-state index in [1.54, 1.807) is 0 Å². The first-order valence-corrected chi connectivity index (χ1v) is 9.00. The number of hydrogen-bond donors (Lipinski definition) is 3. The van der Waals surface area contributed by atoms with E-state index in [1.807, 2.05) is 31.2 Å². The van der Waals surface area contributed by atoms with E-state index in [1.165, 1.54) is 0 Å². The van der Waals surface area contributed by atoms with Crippen LogP contribution in [0.4, 0.5) is 5.95 Å². The maximum Gasteiger partial charge on any atom is 0.255 e. The molecule has 3 rings (SSSR count). The molecule has 2 aromatic rings. The summed E-state index contributed by atoms with van der Waals surface area (Å²) in [6, 6.07) is 7.94. The van der Waals surface area contributed by atoms with Crippen LogP contribution >= 0.6 is 0 Å². The van der Waals surface area contributed by atoms with Crippen LogP contribution in [-0.4, -0.2) is 29.7 Å². The van der Waals surface area contributed by atoms with E-state index in [4.69, 9.17) is 4.74 Å². The fourth-order valence-electron chi connectivity index (χ4n) is 3.09. The summed E-state index contributed by atoms with van der Waals surface area (Å²) in [5, 5.41) is 6.62. The fraction of sp³-hybridized carbons (Fsp3) is 0.474. The van der Waals surface area contributed by atoms with Gasteiger partial charge in [0, 0.05) is 24.1 Å². The van der Waals surface area contributed by atoms with Gasteiger partial charge in [-0.2, -0.15) is 0 Å². The molecule has 0 amide bonds. The molecule has 0 fully saturated rings. The van der Waals surface area contributed by atoms with Gasteiger partial charge < -0.3 is 15.4 Å². The van der Waals surface area contributed by atoms with Crippen molar-refractivity contribution in [3.8, 4) is 5.75 Å². The Morgan fingerprint density at radius 1 is 1.28 bits per heavy atom. The lowest BCUT2D eigenvalue weighted by Gasteiger charge is -2.19. The molecule has 25 heavy (non-hydrogen) atoms. The SMILES string of the molecule is CCCOc1ccccc1C(C)Nc1nc2c(c(=O)[nH]1)CCNCC2. The average Bonchev–Trinajstić information content (AvgIpc) is 2.86. The Morgan fingerprint density at radius 2 is 2.08 bits per heavy atom. The molecule has 1 aliphatic heterocycles. The Morgan fingerprint density at radius 3 is 2.92 bits per heavy atom. The van der Waals surface area contributed by atoms with E-state index in [0.717, 1.165) is 54.9 Å². The van der Waals surface area contributed by atoms with Crippen molar-refractivity contribution in [2.24, 2.45) is 0 Å². The molecule has 0 bridgehead atoms. The van der Waals surface area contributed by atoms with Gasteiger partial charge in [0.2, 0.25) is 5.95 Å². The van der Waals surface area contributed by atoms with E-state index in [2.05, 4.69) is 27.5 Å². The molecule has 6 nitrogen and oxygen atoms in total. The average molecular weight is 342 g/mol. The van der Waals surface area contributed by atoms with Gasteiger partial charge in [-0.25, -0.2) is 4.98 Å². The predicted octanol–water partition coefficient (Wildman–Crippen LogP) is 2.42. The van der Waals surface area contributed by atoms with E-state index in [-0.39, 0.29) is 11.6 Å². The lowest BCUT2D eigenvalue weighted by Crippen LogP contribution is -2.22. The second kappa shape index (κ2) is 8.16. The third kappa shape index (κ3) is 4.20. The highest BCUT2D eigenvalue weighted by molar-refractivity contribution is 5.41. The largest absolute Gasteiger partial charge is 0.493 e. The van der Waals surface area contributed by atoms with Gasteiger partial charge in [-0.15, -0.1) is 0 Å². The normalized spacial score (nSPS) is 15.1. The van der Waals surface area contributed by atoms with Crippen molar-refractivity contribution in [2.45, 2.75) is 39.2 Å². The van der Waals surface area contributed by atoms with Gasteiger partial charge in [0.05, 0.1) is 18.3 Å². The first-order chi connectivity index (χ1) is 12.2. The zero-order valence-corrected chi connectivity index (χ0v) is 14.9. The van der Waals surface area contributed by atoms with Crippen LogP contribution in [0.15, 0.2) is 29.1 Å². The first kappa shape index (κ1) is 17.5. The molecule has 3 N–H and O–H groups in total. The highest BCUT2D eigenvalue weighted by atomic mass is 16.5. The Bertz CT molecular complexity index is 772. The van der Waals surface area contributed by atoms with Gasteiger partial charge in [0.25, 0.3) is 5.56 Å². The first-order valence-electron chi connectivity index (χ1n) is 9.00. The second-order valence-electron chi connectivity index (χ2n) is 6.34. The van der Waals surface area contributed by atoms with Crippen molar-refractivity contribution in [1.82, 2.24) is 15.3 Å². The number of nitrogens with zero attached hydrogens (tertiary/aromatic N) is 1. The Kier molecular flexibility index (Phi) is 5.71. The minimum Gasteiger partial charge on any atom is -0.493 e. The monoisotopic (exact) mass is 342 g/mol. The van der Waals surface area contributed by atoms with E-state index in [0.29, 0.717) is 12.6 Å². The molecule has 0 saturated carbocycles. The van der Waals surface area contributed by atoms with Crippen molar-refractivity contribution in [1.29, 1.82) is 0 Å². The molecule has 0 radical (unpaired) electrons. The number of nitrogens with one attached hydrogen (secondary N) is 3. The molecular weight excluding hydrogens is 316 g/mol. The number of rotatable bonds is 6. The molecule has 0 spiro atoms. The zero-order valence-electron chi connectivity index (χ0n) is 14.9. The third-order valence-electron chi connectivity index (χ3n) is 4.39. The number of para-hydroxylation sites is 1. The second-order valence-corrected chi connectivity index (χ2v) is 6.34. The highest BCUT2D eigenvalue weighted by Crippen LogP contribution is 2.27.